The molecular formula is C30H38N4O3. The first-order valence-electron chi connectivity index (χ1n) is 13.5. The Morgan fingerprint density at radius 2 is 1.68 bits per heavy atom. The lowest BCUT2D eigenvalue weighted by molar-refractivity contribution is -0.138. The number of anilines is 1. The summed E-state index contributed by atoms with van der Waals surface area (Å²) >= 11 is 0. The second-order valence-corrected chi connectivity index (χ2v) is 11.4. The molecule has 7 nitrogen and oxygen atoms in total. The number of benzene rings is 2. The van der Waals surface area contributed by atoms with E-state index in [0.29, 0.717) is 45.3 Å². The first-order valence-corrected chi connectivity index (χ1v) is 13.5. The average Bonchev–Trinajstić information content (AvgIpc) is 3.70. The molecule has 5 rings (SSSR count). The normalized spacial score (nSPS) is 20.9. The number of fused-ring (bicyclic) bond motifs is 1. The smallest absolute Gasteiger partial charge is 0.245 e. The Bertz CT molecular complexity index is 1170. The van der Waals surface area contributed by atoms with Gasteiger partial charge in [-0.3, -0.25) is 14.4 Å². The van der Waals surface area contributed by atoms with Gasteiger partial charge in [-0.1, -0.05) is 48.5 Å². The van der Waals surface area contributed by atoms with Crippen LogP contribution in [0.5, 0.6) is 0 Å². The second kappa shape index (κ2) is 9.93. The van der Waals surface area contributed by atoms with E-state index in [0.717, 1.165) is 29.7 Å². The molecule has 3 amide bonds. The monoisotopic (exact) mass is 502 g/mol. The maximum absolute atomic E-state index is 13.7. The molecule has 0 unspecified atom stereocenters. The summed E-state index contributed by atoms with van der Waals surface area (Å²) in [5, 5.41) is 3.06. The van der Waals surface area contributed by atoms with Crippen LogP contribution in [0.1, 0.15) is 57.1 Å². The summed E-state index contributed by atoms with van der Waals surface area (Å²) < 4.78 is 0. The van der Waals surface area contributed by atoms with Crippen molar-refractivity contribution in [3.05, 3.63) is 65.7 Å². The number of hydrogen-bond donors (Lipinski definition) is 2. The van der Waals surface area contributed by atoms with Gasteiger partial charge >= 0.3 is 0 Å². The van der Waals surface area contributed by atoms with Crippen molar-refractivity contribution in [3.63, 3.8) is 0 Å². The highest BCUT2D eigenvalue weighted by atomic mass is 16.2. The van der Waals surface area contributed by atoms with E-state index in [9.17, 15) is 14.4 Å². The summed E-state index contributed by atoms with van der Waals surface area (Å²) in [6.45, 7) is 5.42. The predicted molar refractivity (Wildman–Crippen MR) is 144 cm³/mol. The third-order valence-electron chi connectivity index (χ3n) is 8.63. The molecule has 2 aliphatic heterocycles. The number of piperidine rings is 1. The van der Waals surface area contributed by atoms with Crippen LogP contribution in [-0.4, -0.2) is 54.3 Å². The molecule has 196 valence electrons. The van der Waals surface area contributed by atoms with Crippen LogP contribution in [-0.2, 0) is 26.2 Å². The number of nitrogens with zero attached hydrogens (tertiary/aromatic N) is 2. The summed E-state index contributed by atoms with van der Waals surface area (Å²) in [6, 6.07) is 17.6. The third kappa shape index (κ3) is 4.77. The summed E-state index contributed by atoms with van der Waals surface area (Å²) in [6.07, 6.45) is 4.24. The van der Waals surface area contributed by atoms with E-state index in [1.807, 2.05) is 78.2 Å². The second-order valence-electron chi connectivity index (χ2n) is 11.4. The van der Waals surface area contributed by atoms with E-state index in [2.05, 4.69) is 5.32 Å². The Labute approximate surface area is 219 Å². The van der Waals surface area contributed by atoms with Gasteiger partial charge in [-0.15, -0.1) is 0 Å². The number of nitrogens with two attached hydrogens (primary N) is 1. The minimum Gasteiger partial charge on any atom is -0.344 e. The van der Waals surface area contributed by atoms with Crippen LogP contribution in [0.15, 0.2) is 54.6 Å². The number of amides is 3. The molecular weight excluding hydrogens is 464 g/mol. The number of aryl methyl sites for hydroxylation is 1. The lowest BCUT2D eigenvalue weighted by atomic mass is 9.86. The summed E-state index contributed by atoms with van der Waals surface area (Å²) in [5.41, 5.74) is 8.03. The first kappa shape index (κ1) is 25.5. The molecule has 1 saturated heterocycles. The molecule has 2 heterocycles. The molecule has 3 aliphatic rings. The minimum atomic E-state index is -0.582. The highest BCUT2D eigenvalue weighted by Gasteiger charge is 2.50. The van der Waals surface area contributed by atoms with E-state index in [-0.39, 0.29) is 23.8 Å². The van der Waals surface area contributed by atoms with Gasteiger partial charge in [-0.25, -0.2) is 0 Å². The standard InChI is InChI=1S/C30H38N4O3/c1-29(2)23-10-6-7-11-25(23)34(28(29)37)22-14-18-33(19-15-22)26(35)24(13-12-21-8-4-3-5-9-21)32-27(36)30(20-31)16-17-30/h3-11,22,24H,12-20,31H2,1-2H3,(H,32,36)/t24-/m0/s1. The van der Waals surface area contributed by atoms with Gasteiger partial charge < -0.3 is 20.9 Å². The Kier molecular flexibility index (Phi) is 6.84. The lowest BCUT2D eigenvalue weighted by Crippen LogP contribution is -2.55. The quantitative estimate of drug-likeness (QED) is 0.580. The van der Waals surface area contributed by atoms with Crippen molar-refractivity contribution in [3.8, 4) is 0 Å². The summed E-state index contributed by atoms with van der Waals surface area (Å²) in [4.78, 5) is 43.9. The molecule has 0 aromatic heterocycles. The van der Waals surface area contributed by atoms with Gasteiger partial charge in [0.1, 0.15) is 6.04 Å². The van der Waals surface area contributed by atoms with Crippen LogP contribution in [0.25, 0.3) is 0 Å². The van der Waals surface area contributed by atoms with E-state index in [1.54, 1.807) is 0 Å². The maximum Gasteiger partial charge on any atom is 0.245 e. The van der Waals surface area contributed by atoms with Crippen LogP contribution in [0.2, 0.25) is 0 Å². The van der Waals surface area contributed by atoms with Crippen LogP contribution in [0.4, 0.5) is 5.69 Å². The van der Waals surface area contributed by atoms with E-state index >= 15 is 0 Å². The Morgan fingerprint density at radius 1 is 1.03 bits per heavy atom. The molecule has 0 bridgehead atoms. The van der Waals surface area contributed by atoms with Gasteiger partial charge in [-0.05, 0) is 69.6 Å². The minimum absolute atomic E-state index is 0.0379. The molecule has 2 aromatic carbocycles. The van der Waals surface area contributed by atoms with Gasteiger partial charge in [0.15, 0.2) is 0 Å². The number of carbonyl (C=O) groups excluding carboxylic acids is 3. The van der Waals surface area contributed by atoms with Crippen molar-refractivity contribution >= 4 is 23.4 Å². The molecule has 1 aliphatic carbocycles. The van der Waals surface area contributed by atoms with Crippen LogP contribution >= 0.6 is 0 Å². The van der Waals surface area contributed by atoms with E-state index < -0.39 is 16.9 Å². The van der Waals surface area contributed by atoms with Gasteiger partial charge in [0.25, 0.3) is 0 Å². The Hall–Kier alpha value is -3.19. The van der Waals surface area contributed by atoms with Crippen molar-refractivity contribution in [2.24, 2.45) is 11.1 Å². The molecule has 7 heteroatoms. The molecule has 0 radical (unpaired) electrons. The van der Waals surface area contributed by atoms with E-state index in [4.69, 9.17) is 5.73 Å². The van der Waals surface area contributed by atoms with Crippen molar-refractivity contribution in [1.82, 2.24) is 10.2 Å². The molecule has 1 saturated carbocycles. The zero-order valence-corrected chi connectivity index (χ0v) is 21.9. The van der Waals surface area contributed by atoms with Gasteiger partial charge in [0.2, 0.25) is 17.7 Å². The SMILES string of the molecule is CC1(C)C(=O)N(C2CCN(C(=O)[C@H](CCc3ccccc3)NC(=O)C3(CN)CC3)CC2)c2ccccc21. The molecule has 37 heavy (non-hydrogen) atoms. The van der Waals surface area contributed by atoms with Crippen LogP contribution in [0.3, 0.4) is 0 Å². The Morgan fingerprint density at radius 3 is 2.32 bits per heavy atom. The number of carbonyl (C=O) groups is 3. The Balaban J connectivity index is 1.26. The number of rotatable bonds is 8. The van der Waals surface area contributed by atoms with Crippen molar-refractivity contribution in [1.29, 1.82) is 0 Å². The number of hydrogen-bond acceptors (Lipinski definition) is 4. The van der Waals surface area contributed by atoms with Gasteiger partial charge in [-0.2, -0.15) is 0 Å². The van der Waals surface area contributed by atoms with Crippen LogP contribution in [0, 0.1) is 5.41 Å². The molecule has 1 atom stereocenters. The van der Waals surface area contributed by atoms with Gasteiger partial charge in [0.05, 0.1) is 10.8 Å². The number of nitrogens with one attached hydrogen (secondary N) is 1. The number of likely N-dealkylation sites (tertiary alicyclic amines) is 1. The largest absolute Gasteiger partial charge is 0.344 e. The van der Waals surface area contributed by atoms with Crippen LogP contribution < -0.4 is 16.0 Å². The third-order valence-corrected chi connectivity index (χ3v) is 8.63. The highest BCUT2D eigenvalue weighted by molar-refractivity contribution is 6.08. The van der Waals surface area contributed by atoms with E-state index in [1.165, 1.54) is 0 Å². The fourth-order valence-electron chi connectivity index (χ4n) is 5.86. The highest BCUT2D eigenvalue weighted by Crippen LogP contribution is 2.45. The zero-order chi connectivity index (χ0) is 26.2. The lowest BCUT2D eigenvalue weighted by Gasteiger charge is -2.39. The fraction of sp³-hybridized carbons (Fsp3) is 0.500. The fourth-order valence-corrected chi connectivity index (χ4v) is 5.86. The molecule has 0 spiro atoms. The summed E-state index contributed by atoms with van der Waals surface area (Å²) in [7, 11) is 0. The van der Waals surface area contributed by atoms with Crippen molar-refractivity contribution in [2.45, 2.75) is 69.9 Å². The summed E-state index contributed by atoms with van der Waals surface area (Å²) in [5.74, 6) is -0.00942. The molecule has 2 fully saturated rings. The predicted octanol–water partition coefficient (Wildman–Crippen LogP) is 3.16. The average molecular weight is 503 g/mol. The molecule has 3 N–H and O–H groups in total. The zero-order valence-electron chi connectivity index (χ0n) is 21.9. The first-order chi connectivity index (χ1) is 17.8. The molecule has 2 aromatic rings. The maximum atomic E-state index is 13.7. The number of para-hydroxylation sites is 1. The van der Waals surface area contributed by atoms with Crippen molar-refractivity contribution in [2.75, 3.05) is 24.5 Å². The topological polar surface area (TPSA) is 95.7 Å². The van der Waals surface area contributed by atoms with Crippen molar-refractivity contribution < 1.29 is 14.4 Å². The van der Waals surface area contributed by atoms with Gasteiger partial charge in [0, 0.05) is 31.4 Å².